The molecule has 0 aliphatic carbocycles. The molecule has 0 spiro atoms. The molecule has 150 valence electrons. The summed E-state index contributed by atoms with van der Waals surface area (Å²) < 4.78 is 5.41. The second-order valence-electron chi connectivity index (χ2n) is 7.68. The van der Waals surface area contributed by atoms with Gasteiger partial charge in [0.15, 0.2) is 0 Å². The van der Waals surface area contributed by atoms with Gasteiger partial charge in [0.25, 0.3) is 0 Å². The Bertz CT molecular complexity index is 318. The third-order valence-corrected chi connectivity index (χ3v) is 5.32. The van der Waals surface area contributed by atoms with E-state index in [1.807, 2.05) is 0 Å². The largest absolute Gasteiger partial charge is 0.369 e. The molecule has 1 aliphatic heterocycles. The van der Waals surface area contributed by atoms with Crippen molar-refractivity contribution in [3.8, 4) is 0 Å². The number of rotatable bonds is 2. The fraction of sp³-hybridized carbons (Fsp3) is 1.00. The van der Waals surface area contributed by atoms with Crippen molar-refractivity contribution in [1.29, 1.82) is 0 Å². The Balaban J connectivity index is 2.50. The minimum absolute atomic E-state index is 0.505. The molecular formula is C19H43N5O. The Labute approximate surface area is 156 Å². The molecule has 2 unspecified atom stereocenters. The van der Waals surface area contributed by atoms with Gasteiger partial charge < -0.3 is 25.2 Å². The summed E-state index contributed by atoms with van der Waals surface area (Å²) in [6.45, 7) is 14.1. The normalized spacial score (nSPS) is 29.2. The van der Waals surface area contributed by atoms with Crippen LogP contribution < -0.4 is 10.6 Å². The quantitative estimate of drug-likeness (QED) is 0.765. The average molecular weight is 358 g/mol. The number of methoxy groups -OCH3 is 1. The molecule has 0 aromatic rings. The zero-order valence-electron chi connectivity index (χ0n) is 17.4. The fourth-order valence-corrected chi connectivity index (χ4v) is 3.24. The first-order valence-electron chi connectivity index (χ1n) is 10.1. The summed E-state index contributed by atoms with van der Waals surface area (Å²) in [4.78, 5) is 7.35. The monoisotopic (exact) mass is 357 g/mol. The van der Waals surface area contributed by atoms with Crippen LogP contribution in [0, 0.1) is 0 Å². The molecule has 2 atom stereocenters. The van der Waals surface area contributed by atoms with Crippen LogP contribution in [-0.2, 0) is 4.74 Å². The molecule has 1 heterocycles. The zero-order chi connectivity index (χ0) is 18.5. The van der Waals surface area contributed by atoms with E-state index in [2.05, 4.69) is 53.3 Å². The van der Waals surface area contributed by atoms with Gasteiger partial charge >= 0.3 is 0 Å². The van der Waals surface area contributed by atoms with Crippen LogP contribution in [0.15, 0.2) is 0 Å². The van der Waals surface area contributed by atoms with Gasteiger partial charge in [-0.25, -0.2) is 0 Å². The van der Waals surface area contributed by atoms with Crippen molar-refractivity contribution in [2.45, 2.75) is 45.2 Å². The van der Waals surface area contributed by atoms with E-state index in [9.17, 15) is 0 Å². The molecule has 1 rings (SSSR count). The molecule has 1 aliphatic rings. The highest BCUT2D eigenvalue weighted by Crippen LogP contribution is 2.04. The van der Waals surface area contributed by atoms with Gasteiger partial charge in [-0.15, -0.1) is 0 Å². The van der Waals surface area contributed by atoms with Gasteiger partial charge in [0.1, 0.15) is 0 Å². The van der Waals surface area contributed by atoms with Crippen molar-refractivity contribution < 1.29 is 4.74 Å². The van der Waals surface area contributed by atoms with E-state index >= 15 is 0 Å². The first-order chi connectivity index (χ1) is 12.0. The van der Waals surface area contributed by atoms with Gasteiger partial charge in [0.05, 0.1) is 6.73 Å². The molecule has 6 nitrogen and oxygen atoms in total. The lowest BCUT2D eigenvalue weighted by Crippen LogP contribution is -2.44. The van der Waals surface area contributed by atoms with Crippen molar-refractivity contribution in [2.24, 2.45) is 0 Å². The van der Waals surface area contributed by atoms with E-state index in [4.69, 9.17) is 4.74 Å². The maximum Gasteiger partial charge on any atom is 0.0989 e. The number of ether oxygens (including phenoxy) is 1. The van der Waals surface area contributed by atoms with Crippen molar-refractivity contribution in [1.82, 2.24) is 25.3 Å². The summed E-state index contributed by atoms with van der Waals surface area (Å²) in [5, 5.41) is 7.22. The maximum absolute atomic E-state index is 5.41. The van der Waals surface area contributed by atoms with Crippen molar-refractivity contribution in [2.75, 3.05) is 80.3 Å². The summed E-state index contributed by atoms with van der Waals surface area (Å²) in [5.74, 6) is 0. The van der Waals surface area contributed by atoms with Gasteiger partial charge in [0.2, 0.25) is 0 Å². The van der Waals surface area contributed by atoms with Crippen LogP contribution in [-0.4, -0.2) is 107 Å². The van der Waals surface area contributed by atoms with E-state index in [-0.39, 0.29) is 0 Å². The standard InChI is InChI=1S/C19H43N5O/c1-18-15-20-9-8-11-22(3)14-10-21-16-19(2)24(17-25-5)13-7-6-12-23(18)4/h18-21H,6-17H2,1-5H3. The summed E-state index contributed by atoms with van der Waals surface area (Å²) in [6.07, 6.45) is 3.68. The van der Waals surface area contributed by atoms with Gasteiger partial charge in [-0.1, -0.05) is 0 Å². The second kappa shape index (κ2) is 13.9. The molecule has 1 saturated heterocycles. The molecular weight excluding hydrogens is 314 g/mol. The van der Waals surface area contributed by atoms with Crippen LogP contribution in [0.3, 0.4) is 0 Å². The lowest BCUT2D eigenvalue weighted by Gasteiger charge is -2.30. The van der Waals surface area contributed by atoms with Crippen molar-refractivity contribution in [3.63, 3.8) is 0 Å². The Kier molecular flexibility index (Phi) is 12.7. The predicted molar refractivity (Wildman–Crippen MR) is 107 cm³/mol. The second-order valence-corrected chi connectivity index (χ2v) is 7.68. The van der Waals surface area contributed by atoms with E-state index in [0.29, 0.717) is 12.1 Å². The molecule has 25 heavy (non-hydrogen) atoms. The van der Waals surface area contributed by atoms with Crippen molar-refractivity contribution >= 4 is 0 Å². The van der Waals surface area contributed by atoms with Crippen LogP contribution in [0.4, 0.5) is 0 Å². The van der Waals surface area contributed by atoms with E-state index in [1.165, 1.54) is 25.8 Å². The van der Waals surface area contributed by atoms with Gasteiger partial charge in [-0.2, -0.15) is 0 Å². The number of nitrogens with zero attached hydrogens (tertiary/aromatic N) is 3. The number of hydrogen-bond acceptors (Lipinski definition) is 6. The lowest BCUT2D eigenvalue weighted by molar-refractivity contribution is 0.0361. The maximum atomic E-state index is 5.41. The fourth-order valence-electron chi connectivity index (χ4n) is 3.24. The molecule has 0 saturated carbocycles. The molecule has 0 aromatic heterocycles. The third-order valence-electron chi connectivity index (χ3n) is 5.32. The van der Waals surface area contributed by atoms with E-state index in [0.717, 1.165) is 52.5 Å². The third kappa shape index (κ3) is 10.5. The highest BCUT2D eigenvalue weighted by Gasteiger charge is 2.14. The molecule has 6 heteroatoms. The molecule has 1 fully saturated rings. The Hall–Kier alpha value is -0.240. The topological polar surface area (TPSA) is 43.0 Å². The van der Waals surface area contributed by atoms with E-state index < -0.39 is 0 Å². The van der Waals surface area contributed by atoms with E-state index in [1.54, 1.807) is 7.11 Å². The van der Waals surface area contributed by atoms with Crippen LogP contribution >= 0.6 is 0 Å². The highest BCUT2D eigenvalue weighted by atomic mass is 16.5. The number of hydrogen-bond donors (Lipinski definition) is 2. The Morgan fingerprint density at radius 2 is 1.52 bits per heavy atom. The predicted octanol–water partition coefficient (Wildman–Crippen LogP) is 0.896. The molecule has 0 amide bonds. The van der Waals surface area contributed by atoms with Crippen LogP contribution in [0.2, 0.25) is 0 Å². The minimum atomic E-state index is 0.505. The van der Waals surface area contributed by atoms with Crippen molar-refractivity contribution in [3.05, 3.63) is 0 Å². The smallest absolute Gasteiger partial charge is 0.0989 e. The zero-order valence-corrected chi connectivity index (χ0v) is 17.4. The minimum Gasteiger partial charge on any atom is -0.369 e. The van der Waals surface area contributed by atoms with Gasteiger partial charge in [-0.05, 0) is 66.8 Å². The number of nitrogens with one attached hydrogen (secondary N) is 2. The summed E-state index contributed by atoms with van der Waals surface area (Å²) in [7, 11) is 6.26. The molecule has 0 radical (unpaired) electrons. The first-order valence-corrected chi connectivity index (χ1v) is 10.1. The summed E-state index contributed by atoms with van der Waals surface area (Å²) in [6, 6.07) is 1.10. The summed E-state index contributed by atoms with van der Waals surface area (Å²) >= 11 is 0. The number of likely N-dealkylation sites (N-methyl/N-ethyl adjacent to an activating group) is 2. The Morgan fingerprint density at radius 1 is 0.840 bits per heavy atom. The first kappa shape index (κ1) is 22.8. The van der Waals surface area contributed by atoms with Gasteiger partial charge in [0, 0.05) is 51.9 Å². The van der Waals surface area contributed by atoms with Crippen LogP contribution in [0.25, 0.3) is 0 Å². The molecule has 0 aromatic carbocycles. The Morgan fingerprint density at radius 3 is 2.28 bits per heavy atom. The molecule has 0 bridgehead atoms. The summed E-state index contributed by atoms with van der Waals surface area (Å²) in [5.41, 5.74) is 0. The average Bonchev–Trinajstić information content (AvgIpc) is 2.59. The highest BCUT2D eigenvalue weighted by molar-refractivity contribution is 4.71. The SMILES string of the molecule is COCN1CCCCN(C)C(C)CNCCCN(C)CCNCC1C. The lowest BCUT2D eigenvalue weighted by atomic mass is 10.2. The van der Waals surface area contributed by atoms with Crippen LogP contribution in [0.1, 0.15) is 33.1 Å². The molecule has 2 N–H and O–H groups in total. The van der Waals surface area contributed by atoms with Gasteiger partial charge in [-0.3, -0.25) is 4.90 Å². The van der Waals surface area contributed by atoms with Crippen LogP contribution in [0.5, 0.6) is 0 Å².